The van der Waals surface area contributed by atoms with Crippen LogP contribution in [0.2, 0.25) is 0 Å². The van der Waals surface area contributed by atoms with Gasteiger partial charge in [-0.15, -0.1) is 11.8 Å². The van der Waals surface area contributed by atoms with Crippen molar-refractivity contribution < 1.29 is 29.0 Å². The molecule has 0 saturated carbocycles. The third-order valence-electron chi connectivity index (χ3n) is 8.34. The van der Waals surface area contributed by atoms with E-state index in [9.17, 15) is 19.5 Å². The summed E-state index contributed by atoms with van der Waals surface area (Å²) in [5.41, 5.74) is 1.49. The minimum Gasteiger partial charge on any atom is -0.497 e. The maximum Gasteiger partial charge on any atom is 0.331 e. The third-order valence-corrected chi connectivity index (χ3v) is 9.80. The van der Waals surface area contributed by atoms with Gasteiger partial charge in [0, 0.05) is 28.5 Å². The fraction of sp³-hybridized carbons (Fsp3) is 0.514. The maximum atomic E-state index is 14.4. The number of aliphatic carboxylic acids is 1. The Hall–Kier alpha value is -3.50. The molecular weight excluding hydrogens is 590 g/mol. The molecule has 0 heterocycles. The van der Waals surface area contributed by atoms with Crippen molar-refractivity contribution in [1.29, 1.82) is 0 Å². The Morgan fingerprint density at radius 2 is 1.44 bits per heavy atom. The first-order valence-electron chi connectivity index (χ1n) is 15.1. The number of carbonyl (C=O) groups excluding carboxylic acids is 2. The molecule has 2 aromatic carbocycles. The number of benzene rings is 2. The molecule has 10 heteroatoms. The van der Waals surface area contributed by atoms with Gasteiger partial charge in [0.25, 0.3) is 0 Å². The van der Waals surface area contributed by atoms with Crippen LogP contribution in [0.15, 0.2) is 60.2 Å². The Bertz CT molecular complexity index is 1320. The first kappa shape index (κ1) is 37.7. The van der Waals surface area contributed by atoms with E-state index >= 15 is 0 Å². The largest absolute Gasteiger partial charge is 0.497 e. The van der Waals surface area contributed by atoms with Crippen molar-refractivity contribution in [1.82, 2.24) is 15.5 Å². The van der Waals surface area contributed by atoms with Crippen molar-refractivity contribution in [3.8, 4) is 11.5 Å². The molecule has 3 atom stereocenters. The minimum atomic E-state index is -1.04. The van der Waals surface area contributed by atoms with Crippen molar-refractivity contribution in [3.05, 3.63) is 71.3 Å². The summed E-state index contributed by atoms with van der Waals surface area (Å²) in [6.45, 7) is 13.2. The second-order valence-electron chi connectivity index (χ2n) is 12.7. The number of carboxylic acids is 1. The first-order valence-corrected chi connectivity index (χ1v) is 16.1. The van der Waals surface area contributed by atoms with Gasteiger partial charge in [0.15, 0.2) is 0 Å². The summed E-state index contributed by atoms with van der Waals surface area (Å²) < 4.78 is 9.84. The zero-order valence-corrected chi connectivity index (χ0v) is 29.4. The van der Waals surface area contributed by atoms with Gasteiger partial charge in [0.05, 0.1) is 26.3 Å². The van der Waals surface area contributed by atoms with Gasteiger partial charge >= 0.3 is 5.97 Å². The van der Waals surface area contributed by atoms with E-state index in [1.807, 2.05) is 90.1 Å². The van der Waals surface area contributed by atoms with Crippen LogP contribution in [0.1, 0.15) is 59.6 Å². The summed E-state index contributed by atoms with van der Waals surface area (Å²) in [7, 11) is 6.62. The van der Waals surface area contributed by atoms with Crippen LogP contribution in [0.3, 0.4) is 0 Å². The average molecular weight is 642 g/mol. The predicted octanol–water partition coefficient (Wildman–Crippen LogP) is 5.28. The zero-order chi connectivity index (χ0) is 34.1. The van der Waals surface area contributed by atoms with Gasteiger partial charge in [-0.05, 0) is 69.1 Å². The quantitative estimate of drug-likeness (QED) is 0.212. The number of likely N-dealkylation sites (N-methyl/N-ethyl adjacent to an activating group) is 2. The lowest BCUT2D eigenvalue weighted by molar-refractivity contribution is -0.138. The standard InChI is InChI=1S/C35H51N3O6S/c1-22(2)28(20-23(3)33(41)42)38(9)32(40)30(35(6,7)45-21-24-12-16-26(43-10)17-13-24)37-31(39)29(36-8)34(4,5)25-14-18-27(44-11)19-15-25/h12-20,22,28-30,36H,21H2,1-11H3,(H,37,39)(H,41,42)/b23-20+/t28-,29+,30+/m0/s1. The summed E-state index contributed by atoms with van der Waals surface area (Å²) in [4.78, 5) is 41.7. The summed E-state index contributed by atoms with van der Waals surface area (Å²) >= 11 is 1.56. The number of thioether (sulfide) groups is 1. The molecule has 0 saturated heterocycles. The lowest BCUT2D eigenvalue weighted by Gasteiger charge is -2.41. The van der Waals surface area contributed by atoms with Crippen LogP contribution in [0.4, 0.5) is 0 Å². The van der Waals surface area contributed by atoms with Gasteiger partial charge in [-0.3, -0.25) is 9.59 Å². The first-order chi connectivity index (χ1) is 21.0. The van der Waals surface area contributed by atoms with Crippen molar-refractivity contribution in [3.63, 3.8) is 0 Å². The topological polar surface area (TPSA) is 117 Å². The maximum absolute atomic E-state index is 14.4. The Kier molecular flexibility index (Phi) is 13.5. The highest BCUT2D eigenvalue weighted by atomic mass is 32.2. The SMILES string of the molecule is CN[C@H](C(=O)N[C@H](C(=O)N(C)[C@@H](/C=C(\C)C(=O)O)C(C)C)C(C)(C)SCc1ccc(OC)cc1)C(C)(C)c1ccc(OC)cc1. The molecule has 0 unspecified atom stereocenters. The van der Waals surface area contributed by atoms with Crippen LogP contribution in [0.25, 0.3) is 0 Å². The number of hydrogen-bond acceptors (Lipinski definition) is 7. The average Bonchev–Trinajstić information content (AvgIpc) is 3.00. The molecule has 0 aliphatic heterocycles. The minimum absolute atomic E-state index is 0.0706. The normalized spacial score (nSPS) is 14.4. The van der Waals surface area contributed by atoms with Crippen molar-refractivity contribution in [2.24, 2.45) is 5.92 Å². The number of ether oxygens (including phenoxy) is 2. The van der Waals surface area contributed by atoms with E-state index in [1.165, 1.54) is 6.92 Å². The number of amides is 2. The summed E-state index contributed by atoms with van der Waals surface area (Å²) in [5, 5.41) is 15.8. The second-order valence-corrected chi connectivity index (χ2v) is 14.3. The summed E-state index contributed by atoms with van der Waals surface area (Å²) in [6.07, 6.45) is 1.60. The smallest absolute Gasteiger partial charge is 0.331 e. The number of methoxy groups -OCH3 is 2. The van der Waals surface area contributed by atoms with Crippen molar-refractivity contribution in [2.75, 3.05) is 28.3 Å². The van der Waals surface area contributed by atoms with E-state index in [-0.39, 0.29) is 23.3 Å². The molecule has 0 aromatic heterocycles. The van der Waals surface area contributed by atoms with Gasteiger partial charge in [-0.1, -0.05) is 58.0 Å². The van der Waals surface area contributed by atoms with Crippen LogP contribution < -0.4 is 20.1 Å². The highest BCUT2D eigenvalue weighted by Crippen LogP contribution is 2.34. The van der Waals surface area contributed by atoms with Crippen LogP contribution in [0, 0.1) is 5.92 Å². The van der Waals surface area contributed by atoms with Crippen LogP contribution >= 0.6 is 11.8 Å². The summed E-state index contributed by atoms with van der Waals surface area (Å²) in [6, 6.07) is 13.2. The molecule has 0 aliphatic rings. The lowest BCUT2D eigenvalue weighted by atomic mass is 9.77. The number of nitrogens with zero attached hydrogens (tertiary/aromatic N) is 1. The molecule has 45 heavy (non-hydrogen) atoms. The number of nitrogens with one attached hydrogen (secondary N) is 2. The second kappa shape index (κ2) is 16.2. The van der Waals surface area contributed by atoms with E-state index in [0.29, 0.717) is 5.75 Å². The number of carbonyl (C=O) groups is 3. The fourth-order valence-electron chi connectivity index (χ4n) is 5.27. The molecule has 3 N–H and O–H groups in total. The van der Waals surface area contributed by atoms with Gasteiger partial charge in [0.2, 0.25) is 11.8 Å². The van der Waals surface area contributed by atoms with Crippen LogP contribution in [-0.4, -0.2) is 79.0 Å². The Morgan fingerprint density at radius 1 is 0.933 bits per heavy atom. The Balaban J connectivity index is 2.49. The predicted molar refractivity (Wildman–Crippen MR) is 182 cm³/mol. The third kappa shape index (κ3) is 9.74. The van der Waals surface area contributed by atoms with E-state index in [4.69, 9.17) is 9.47 Å². The summed E-state index contributed by atoms with van der Waals surface area (Å²) in [5.74, 6) is 0.336. The molecule has 0 radical (unpaired) electrons. The molecule has 0 spiro atoms. The monoisotopic (exact) mass is 641 g/mol. The van der Waals surface area contributed by atoms with Gasteiger partial charge in [-0.25, -0.2) is 4.79 Å². The van der Waals surface area contributed by atoms with Crippen molar-refractivity contribution >= 4 is 29.5 Å². The molecule has 2 rings (SSSR count). The number of rotatable bonds is 16. The molecule has 248 valence electrons. The van der Waals surface area contributed by atoms with Crippen LogP contribution in [0.5, 0.6) is 11.5 Å². The Morgan fingerprint density at radius 3 is 1.89 bits per heavy atom. The van der Waals surface area contributed by atoms with E-state index in [1.54, 1.807) is 51.1 Å². The molecule has 9 nitrogen and oxygen atoms in total. The number of carboxylic acid groups (broad SMARTS) is 1. The zero-order valence-electron chi connectivity index (χ0n) is 28.6. The van der Waals surface area contributed by atoms with Crippen molar-refractivity contribution in [2.45, 2.75) is 82.5 Å². The lowest BCUT2D eigenvalue weighted by Crippen LogP contribution is -2.63. The molecule has 0 bridgehead atoms. The molecular formula is C35H51N3O6S. The molecule has 0 aliphatic carbocycles. The molecule has 2 amide bonds. The highest BCUT2D eigenvalue weighted by molar-refractivity contribution is 7.99. The number of hydrogen-bond donors (Lipinski definition) is 3. The fourth-order valence-corrected chi connectivity index (χ4v) is 6.33. The highest BCUT2D eigenvalue weighted by Gasteiger charge is 2.43. The Labute approximate surface area is 273 Å². The van der Waals surface area contributed by atoms with E-state index in [0.717, 1.165) is 22.6 Å². The van der Waals surface area contributed by atoms with Gasteiger partial charge in [-0.2, -0.15) is 0 Å². The van der Waals surface area contributed by atoms with E-state index < -0.39 is 34.3 Å². The molecule has 0 fully saturated rings. The van der Waals surface area contributed by atoms with E-state index in [2.05, 4.69) is 10.6 Å². The molecule has 2 aromatic rings. The van der Waals surface area contributed by atoms with Gasteiger partial charge in [0.1, 0.15) is 17.5 Å². The van der Waals surface area contributed by atoms with Gasteiger partial charge < -0.3 is 30.1 Å². The van der Waals surface area contributed by atoms with Crippen LogP contribution in [-0.2, 0) is 25.6 Å².